The van der Waals surface area contributed by atoms with Crippen molar-refractivity contribution < 1.29 is 18.0 Å². The summed E-state index contributed by atoms with van der Waals surface area (Å²) >= 11 is 0. The number of carbonyl (C=O) groups is 1. The van der Waals surface area contributed by atoms with Gasteiger partial charge in [0.05, 0.1) is 5.69 Å². The molecule has 1 aromatic rings. The molecule has 0 saturated carbocycles. The maximum Gasteiger partial charge on any atom is 0.403 e. The summed E-state index contributed by atoms with van der Waals surface area (Å²) in [6.45, 7) is 4.21. The van der Waals surface area contributed by atoms with Gasteiger partial charge in [-0.15, -0.1) is 0 Å². The highest BCUT2D eigenvalue weighted by Gasteiger charge is 2.41. The maximum absolute atomic E-state index is 12.7. The molecule has 1 saturated heterocycles. The lowest BCUT2D eigenvalue weighted by Gasteiger charge is -2.38. The van der Waals surface area contributed by atoms with E-state index in [1.165, 1.54) is 26.5 Å². The smallest absolute Gasteiger partial charge is 0.322 e. The van der Waals surface area contributed by atoms with Gasteiger partial charge in [0.15, 0.2) is 0 Å². The molecule has 0 aromatic carbocycles. The van der Waals surface area contributed by atoms with E-state index in [4.69, 9.17) is 0 Å². The molecule has 1 aliphatic rings. The van der Waals surface area contributed by atoms with Gasteiger partial charge in [-0.05, 0) is 19.9 Å². The Bertz CT molecular complexity index is 636. The van der Waals surface area contributed by atoms with E-state index >= 15 is 0 Å². The normalized spacial score (nSPS) is 17.6. The SMILES string of the molecule is CCn1cc(NC(=O)N2CCN(C(C)C(F)(F)F)CC2)ccc1=O. The molecule has 24 heavy (non-hydrogen) atoms. The molecule has 0 radical (unpaired) electrons. The van der Waals surface area contributed by atoms with Crippen LogP contribution in [-0.2, 0) is 6.54 Å². The van der Waals surface area contributed by atoms with Crippen molar-refractivity contribution in [2.24, 2.45) is 0 Å². The fourth-order valence-corrected chi connectivity index (χ4v) is 2.57. The van der Waals surface area contributed by atoms with E-state index in [-0.39, 0.29) is 37.8 Å². The number of aromatic nitrogens is 1. The van der Waals surface area contributed by atoms with Crippen LogP contribution in [0.4, 0.5) is 23.7 Å². The molecule has 1 aliphatic heterocycles. The van der Waals surface area contributed by atoms with Crippen LogP contribution in [0.1, 0.15) is 13.8 Å². The summed E-state index contributed by atoms with van der Waals surface area (Å²) in [6.07, 6.45) is -2.72. The van der Waals surface area contributed by atoms with Crippen LogP contribution in [0.15, 0.2) is 23.1 Å². The van der Waals surface area contributed by atoms with E-state index in [9.17, 15) is 22.8 Å². The molecule has 9 heteroatoms. The van der Waals surface area contributed by atoms with E-state index in [0.717, 1.165) is 6.92 Å². The number of nitrogens with zero attached hydrogens (tertiary/aromatic N) is 3. The second-order valence-electron chi connectivity index (χ2n) is 5.71. The number of rotatable bonds is 3. The molecule has 1 fully saturated rings. The van der Waals surface area contributed by atoms with Gasteiger partial charge in [0.25, 0.3) is 5.56 Å². The Morgan fingerprint density at radius 2 is 1.88 bits per heavy atom. The molecular weight excluding hydrogens is 325 g/mol. The number of nitrogens with one attached hydrogen (secondary N) is 1. The van der Waals surface area contributed by atoms with Crippen molar-refractivity contribution in [3.63, 3.8) is 0 Å². The number of urea groups is 1. The fourth-order valence-electron chi connectivity index (χ4n) is 2.57. The van der Waals surface area contributed by atoms with Crippen LogP contribution < -0.4 is 10.9 Å². The van der Waals surface area contributed by atoms with Crippen LogP contribution >= 0.6 is 0 Å². The predicted octanol–water partition coefficient (Wildman–Crippen LogP) is 1.97. The molecule has 1 aromatic heterocycles. The summed E-state index contributed by atoms with van der Waals surface area (Å²) < 4.78 is 39.6. The highest BCUT2D eigenvalue weighted by Crippen LogP contribution is 2.25. The van der Waals surface area contributed by atoms with E-state index in [1.807, 2.05) is 6.92 Å². The van der Waals surface area contributed by atoms with Crippen LogP contribution in [0.2, 0.25) is 0 Å². The van der Waals surface area contributed by atoms with E-state index < -0.39 is 12.2 Å². The molecule has 2 rings (SSSR count). The van der Waals surface area contributed by atoms with E-state index in [2.05, 4.69) is 5.32 Å². The number of piperazine rings is 1. The lowest BCUT2D eigenvalue weighted by atomic mass is 10.2. The highest BCUT2D eigenvalue weighted by atomic mass is 19.4. The van der Waals surface area contributed by atoms with Crippen LogP contribution in [0.3, 0.4) is 0 Å². The lowest BCUT2D eigenvalue weighted by molar-refractivity contribution is -0.181. The van der Waals surface area contributed by atoms with Crippen LogP contribution in [-0.4, -0.2) is 58.8 Å². The quantitative estimate of drug-likeness (QED) is 0.910. The van der Waals surface area contributed by atoms with Gasteiger partial charge in [-0.1, -0.05) is 0 Å². The topological polar surface area (TPSA) is 57.6 Å². The van der Waals surface area contributed by atoms with Gasteiger partial charge >= 0.3 is 12.2 Å². The number of halogens is 3. The first kappa shape index (κ1) is 18.3. The van der Waals surface area contributed by atoms with Crippen LogP contribution in [0.25, 0.3) is 0 Å². The molecule has 6 nitrogen and oxygen atoms in total. The molecule has 1 N–H and O–H groups in total. The second-order valence-corrected chi connectivity index (χ2v) is 5.71. The van der Waals surface area contributed by atoms with Gasteiger partial charge in [0.1, 0.15) is 6.04 Å². The van der Waals surface area contributed by atoms with Crippen molar-refractivity contribution in [2.75, 3.05) is 31.5 Å². The fraction of sp³-hybridized carbons (Fsp3) is 0.600. The van der Waals surface area contributed by atoms with Crippen LogP contribution in [0, 0.1) is 0 Å². The number of hydrogen-bond acceptors (Lipinski definition) is 3. The first-order valence-corrected chi connectivity index (χ1v) is 7.79. The monoisotopic (exact) mass is 346 g/mol. The molecule has 0 aliphatic carbocycles. The Balaban J connectivity index is 1.92. The Morgan fingerprint density at radius 3 is 2.42 bits per heavy atom. The first-order valence-electron chi connectivity index (χ1n) is 7.79. The number of aryl methyl sites for hydroxylation is 1. The highest BCUT2D eigenvalue weighted by molar-refractivity contribution is 5.89. The van der Waals surface area contributed by atoms with Gasteiger partial charge in [0, 0.05) is 45.0 Å². The van der Waals surface area contributed by atoms with Crippen molar-refractivity contribution in [3.8, 4) is 0 Å². The minimum atomic E-state index is -4.27. The van der Waals surface area contributed by atoms with Crippen molar-refractivity contribution in [1.29, 1.82) is 0 Å². The molecule has 2 heterocycles. The zero-order valence-corrected chi connectivity index (χ0v) is 13.6. The number of hydrogen-bond donors (Lipinski definition) is 1. The minimum absolute atomic E-state index is 0.162. The summed E-state index contributed by atoms with van der Waals surface area (Å²) in [6, 6.07) is 0.975. The van der Waals surface area contributed by atoms with E-state index in [0.29, 0.717) is 12.2 Å². The summed E-state index contributed by atoms with van der Waals surface area (Å²) in [5, 5.41) is 2.67. The number of carbonyl (C=O) groups excluding carboxylic acids is 1. The first-order chi connectivity index (χ1) is 11.2. The average Bonchev–Trinajstić information content (AvgIpc) is 2.55. The number of pyridine rings is 1. The summed E-state index contributed by atoms with van der Waals surface area (Å²) in [5.74, 6) is 0. The molecule has 1 atom stereocenters. The Morgan fingerprint density at radius 1 is 1.25 bits per heavy atom. The lowest BCUT2D eigenvalue weighted by Crippen LogP contribution is -2.55. The largest absolute Gasteiger partial charge is 0.403 e. The van der Waals surface area contributed by atoms with Crippen molar-refractivity contribution in [2.45, 2.75) is 32.6 Å². The van der Waals surface area contributed by atoms with Crippen molar-refractivity contribution in [1.82, 2.24) is 14.4 Å². The summed E-state index contributed by atoms with van der Waals surface area (Å²) in [7, 11) is 0. The molecule has 134 valence electrons. The molecule has 0 bridgehead atoms. The standard InChI is InChI=1S/C15H21F3N4O2/c1-3-20-10-12(4-5-13(20)23)19-14(24)22-8-6-21(7-9-22)11(2)15(16,17)18/h4-5,10-11H,3,6-9H2,1-2H3,(H,19,24). The van der Waals surface area contributed by atoms with E-state index in [1.54, 1.807) is 6.20 Å². The Hall–Kier alpha value is -2.03. The zero-order chi connectivity index (χ0) is 17.9. The number of anilines is 1. The van der Waals surface area contributed by atoms with Crippen molar-refractivity contribution >= 4 is 11.7 Å². The third-order valence-electron chi connectivity index (χ3n) is 4.20. The van der Waals surface area contributed by atoms with Gasteiger partial charge in [-0.25, -0.2) is 4.79 Å². The minimum Gasteiger partial charge on any atom is -0.322 e. The molecular formula is C15H21F3N4O2. The van der Waals surface area contributed by atoms with Gasteiger partial charge in [-0.3, -0.25) is 9.69 Å². The van der Waals surface area contributed by atoms with Crippen molar-refractivity contribution in [3.05, 3.63) is 28.7 Å². The average molecular weight is 346 g/mol. The number of alkyl halides is 3. The van der Waals surface area contributed by atoms with Gasteiger partial charge < -0.3 is 14.8 Å². The Kier molecular flexibility index (Phi) is 5.53. The molecule has 0 spiro atoms. The summed E-state index contributed by atoms with van der Waals surface area (Å²) in [5.41, 5.74) is 0.317. The van der Waals surface area contributed by atoms with Crippen LogP contribution in [0.5, 0.6) is 0 Å². The summed E-state index contributed by atoms with van der Waals surface area (Å²) in [4.78, 5) is 26.5. The predicted molar refractivity (Wildman–Crippen MR) is 84.1 cm³/mol. The maximum atomic E-state index is 12.7. The molecule has 1 unspecified atom stereocenters. The zero-order valence-electron chi connectivity index (χ0n) is 13.6. The molecule has 2 amide bonds. The Labute approximate surface area is 137 Å². The van der Waals surface area contributed by atoms with Gasteiger partial charge in [0.2, 0.25) is 0 Å². The second kappa shape index (κ2) is 7.25. The van der Waals surface area contributed by atoms with Gasteiger partial charge in [-0.2, -0.15) is 13.2 Å². The third kappa shape index (κ3) is 4.28. The number of amides is 2. The third-order valence-corrected chi connectivity index (χ3v) is 4.20.